The van der Waals surface area contributed by atoms with Gasteiger partial charge in [-0.05, 0) is 67.8 Å². The molecule has 1 aliphatic rings. The number of hydrogen-bond donors (Lipinski definition) is 3. The van der Waals surface area contributed by atoms with Gasteiger partial charge in [-0.1, -0.05) is 29.8 Å². The average molecular weight is 623 g/mol. The van der Waals surface area contributed by atoms with Crippen molar-refractivity contribution in [2.45, 2.75) is 25.8 Å². The van der Waals surface area contributed by atoms with Crippen LogP contribution in [0.3, 0.4) is 0 Å². The summed E-state index contributed by atoms with van der Waals surface area (Å²) >= 11 is 6.18. The van der Waals surface area contributed by atoms with Crippen molar-refractivity contribution in [1.29, 1.82) is 0 Å². The van der Waals surface area contributed by atoms with E-state index in [1.54, 1.807) is 55.7 Å². The Morgan fingerprint density at radius 1 is 1.09 bits per heavy atom. The molecule has 3 heterocycles. The van der Waals surface area contributed by atoms with E-state index in [-0.39, 0.29) is 33.9 Å². The lowest BCUT2D eigenvalue weighted by Gasteiger charge is -2.31. The number of carboxylic acid groups (broad SMARTS) is 1. The second-order valence-corrected chi connectivity index (χ2v) is 11.0. The number of aromatic nitrogens is 3. The van der Waals surface area contributed by atoms with E-state index in [9.17, 15) is 23.1 Å². The Morgan fingerprint density at radius 3 is 2.67 bits per heavy atom. The lowest BCUT2D eigenvalue weighted by Crippen LogP contribution is -2.44. The van der Waals surface area contributed by atoms with Crippen LogP contribution in [0.25, 0.3) is 11.3 Å². The number of hydrogen-bond acceptors (Lipinski definition) is 9. The van der Waals surface area contributed by atoms with E-state index in [0.717, 1.165) is 12.8 Å². The fourth-order valence-corrected chi connectivity index (χ4v) is 5.55. The maximum absolute atomic E-state index is 13.4. The lowest BCUT2D eigenvalue weighted by atomic mass is 10.1. The molecule has 43 heavy (non-hydrogen) atoms. The number of nitrogens with one attached hydrogen (secondary N) is 1. The summed E-state index contributed by atoms with van der Waals surface area (Å²) in [6.45, 7) is 2.60. The van der Waals surface area contributed by atoms with Crippen molar-refractivity contribution in [3.63, 3.8) is 0 Å². The van der Waals surface area contributed by atoms with Crippen molar-refractivity contribution >= 4 is 46.1 Å². The number of amides is 2. The van der Waals surface area contributed by atoms with E-state index < -0.39 is 22.9 Å². The Morgan fingerprint density at radius 2 is 1.91 bits per heavy atom. The number of ether oxygens (including phenoxy) is 1. The van der Waals surface area contributed by atoms with Crippen molar-refractivity contribution in [3.8, 4) is 22.9 Å². The zero-order valence-corrected chi connectivity index (χ0v) is 24.5. The first kappa shape index (κ1) is 29.7. The summed E-state index contributed by atoms with van der Waals surface area (Å²) in [6.07, 6.45) is 3.68. The van der Waals surface area contributed by atoms with Crippen LogP contribution >= 0.6 is 11.6 Å². The number of carbonyl (C=O) groups is 2. The number of rotatable bonds is 8. The number of halogens is 1. The number of likely N-dealkylation sites (tertiary alicyclic amines) is 1. The van der Waals surface area contributed by atoms with E-state index in [1.807, 2.05) is 0 Å². The van der Waals surface area contributed by atoms with E-state index in [1.165, 1.54) is 29.2 Å². The molecule has 0 spiro atoms. The summed E-state index contributed by atoms with van der Waals surface area (Å²) in [5, 5.41) is 12.7. The van der Waals surface area contributed by atoms with Crippen LogP contribution in [0.15, 0.2) is 73.1 Å². The Bertz CT molecular complexity index is 1740. The average Bonchev–Trinajstić information content (AvgIpc) is 2.99. The van der Waals surface area contributed by atoms with Gasteiger partial charge in [0, 0.05) is 37.1 Å². The first-order valence-electron chi connectivity index (χ1n) is 13.3. The van der Waals surface area contributed by atoms with Gasteiger partial charge in [0.25, 0.3) is 5.91 Å². The monoisotopic (exact) mass is 622 g/mol. The van der Waals surface area contributed by atoms with Gasteiger partial charge in [0.1, 0.15) is 5.75 Å². The molecule has 1 saturated heterocycles. The summed E-state index contributed by atoms with van der Waals surface area (Å²) in [6, 6.07) is 15.8. The highest BCUT2D eigenvalue weighted by Gasteiger charge is 2.25. The van der Waals surface area contributed by atoms with Gasteiger partial charge in [-0.3, -0.25) is 4.79 Å². The van der Waals surface area contributed by atoms with Crippen LogP contribution in [-0.2, 0) is 10.9 Å². The largest absolute Gasteiger partial charge is 0.465 e. The lowest BCUT2D eigenvalue weighted by molar-refractivity contribution is 0.101. The number of aryl methyl sites for hydroxylation is 1. The van der Waals surface area contributed by atoms with Gasteiger partial charge in [-0.2, -0.15) is 0 Å². The third kappa shape index (κ3) is 6.84. The van der Waals surface area contributed by atoms with Crippen molar-refractivity contribution in [2.75, 3.05) is 22.7 Å². The third-order valence-corrected chi connectivity index (χ3v) is 7.85. The standard InChI is InChI=1S/C29H27ClN6O6S/c1-18-10-11-19(27(37)36(43(40)41)24-9-3-2-8-22(24)30)16-25(18)42-26-21(7-4-13-31-26)23-12-14-32-28(34-23)33-20-6-5-15-35(17-20)29(38)39/h2-4,7-14,16,20,43H,5-6,15,17H2,1H3,(H,38,39)(H,32,33,34)/t20-/m0/s1. The number of carbonyl (C=O) groups excluding carboxylic acids is 1. The van der Waals surface area contributed by atoms with Crippen LogP contribution in [0.5, 0.6) is 11.6 Å². The smallest absolute Gasteiger partial charge is 0.407 e. The summed E-state index contributed by atoms with van der Waals surface area (Å²) in [7, 11) is -3.34. The van der Waals surface area contributed by atoms with Crippen LogP contribution in [0.1, 0.15) is 28.8 Å². The topological polar surface area (TPSA) is 155 Å². The molecule has 12 nitrogen and oxygen atoms in total. The zero-order chi connectivity index (χ0) is 30.5. The maximum atomic E-state index is 13.4. The summed E-state index contributed by atoms with van der Waals surface area (Å²) < 4.78 is 31.0. The summed E-state index contributed by atoms with van der Waals surface area (Å²) in [5.41, 5.74) is 1.82. The first-order chi connectivity index (χ1) is 20.7. The minimum Gasteiger partial charge on any atom is -0.465 e. The van der Waals surface area contributed by atoms with Gasteiger partial charge >= 0.3 is 6.09 Å². The van der Waals surface area contributed by atoms with E-state index >= 15 is 0 Å². The van der Waals surface area contributed by atoms with Crippen molar-refractivity contribution in [1.82, 2.24) is 19.9 Å². The Labute approximate surface area is 254 Å². The molecule has 2 amide bonds. The predicted octanol–water partition coefficient (Wildman–Crippen LogP) is 5.02. The summed E-state index contributed by atoms with van der Waals surface area (Å²) in [4.78, 5) is 39.4. The number of piperidine rings is 1. The molecule has 222 valence electrons. The van der Waals surface area contributed by atoms with Gasteiger partial charge in [-0.15, -0.1) is 0 Å². The predicted molar refractivity (Wildman–Crippen MR) is 161 cm³/mol. The van der Waals surface area contributed by atoms with Gasteiger partial charge in [-0.25, -0.2) is 32.5 Å². The van der Waals surface area contributed by atoms with Gasteiger partial charge < -0.3 is 20.1 Å². The molecule has 14 heteroatoms. The second kappa shape index (κ2) is 13.0. The highest BCUT2D eigenvalue weighted by molar-refractivity contribution is 7.75. The van der Waals surface area contributed by atoms with Crippen LogP contribution in [0, 0.1) is 6.92 Å². The van der Waals surface area contributed by atoms with Crippen molar-refractivity contribution in [2.24, 2.45) is 0 Å². The number of anilines is 2. The molecular weight excluding hydrogens is 596 g/mol. The molecule has 1 fully saturated rings. The third-order valence-electron chi connectivity index (χ3n) is 6.81. The minimum atomic E-state index is -3.34. The molecule has 0 radical (unpaired) electrons. The molecule has 0 bridgehead atoms. The molecule has 0 unspecified atom stereocenters. The first-order valence-corrected chi connectivity index (χ1v) is 14.8. The van der Waals surface area contributed by atoms with Crippen molar-refractivity contribution < 1.29 is 27.9 Å². The Hall–Kier alpha value is -4.75. The molecular formula is C29H27ClN6O6S. The second-order valence-electron chi connectivity index (χ2n) is 9.72. The molecule has 5 rings (SSSR count). The van der Waals surface area contributed by atoms with Crippen LogP contribution in [-0.4, -0.2) is 64.5 Å². The Kier molecular flexibility index (Phi) is 9.02. The van der Waals surface area contributed by atoms with Crippen LogP contribution in [0.4, 0.5) is 16.4 Å². The van der Waals surface area contributed by atoms with Gasteiger partial charge in [0.15, 0.2) is 0 Å². The van der Waals surface area contributed by atoms with Crippen LogP contribution in [0.2, 0.25) is 5.02 Å². The highest BCUT2D eigenvalue weighted by atomic mass is 35.5. The number of nitrogens with zero attached hydrogens (tertiary/aromatic N) is 5. The fraction of sp³-hybridized carbons (Fsp3) is 0.207. The molecule has 1 atom stereocenters. The fourth-order valence-electron chi connectivity index (χ4n) is 4.66. The maximum Gasteiger partial charge on any atom is 0.407 e. The van der Waals surface area contributed by atoms with Crippen molar-refractivity contribution in [3.05, 3.63) is 89.2 Å². The Balaban J connectivity index is 1.41. The normalized spacial score (nSPS) is 14.8. The van der Waals surface area contributed by atoms with E-state index in [4.69, 9.17) is 16.3 Å². The number of benzene rings is 2. The highest BCUT2D eigenvalue weighted by Crippen LogP contribution is 2.34. The zero-order valence-electron chi connectivity index (χ0n) is 22.9. The van der Waals surface area contributed by atoms with E-state index in [2.05, 4.69) is 20.3 Å². The molecule has 0 aliphatic carbocycles. The molecule has 4 aromatic rings. The molecule has 0 saturated carbocycles. The van der Waals surface area contributed by atoms with Gasteiger partial charge in [0.05, 0.1) is 22.0 Å². The quantitative estimate of drug-likeness (QED) is 0.228. The number of thiol groups is 1. The molecule has 2 aromatic carbocycles. The van der Waals surface area contributed by atoms with Gasteiger partial charge in [0.2, 0.25) is 22.7 Å². The van der Waals surface area contributed by atoms with Crippen LogP contribution < -0.4 is 14.4 Å². The molecule has 2 N–H and O–H groups in total. The number of pyridine rings is 1. The van der Waals surface area contributed by atoms with E-state index in [0.29, 0.717) is 40.2 Å². The molecule has 2 aromatic heterocycles. The minimum absolute atomic E-state index is 0.0393. The number of para-hydroxylation sites is 1. The SMILES string of the molecule is Cc1ccc(C(=O)N(c2ccccc2Cl)[SH](=O)=O)cc1Oc1ncccc1-c1ccnc(N[C@H]2CCCN(C(=O)O)C2)n1. The molecule has 1 aliphatic heterocycles. The summed E-state index contributed by atoms with van der Waals surface area (Å²) in [5.74, 6) is 0.0209.